The van der Waals surface area contributed by atoms with E-state index in [2.05, 4.69) is 15.5 Å². The maximum absolute atomic E-state index is 12.3. The Labute approximate surface area is 184 Å². The molecule has 2 aromatic carbocycles. The van der Waals surface area contributed by atoms with Crippen LogP contribution < -0.4 is 14.8 Å². The summed E-state index contributed by atoms with van der Waals surface area (Å²) in [6, 6.07) is 13.4. The predicted molar refractivity (Wildman–Crippen MR) is 120 cm³/mol. The van der Waals surface area contributed by atoms with Crippen LogP contribution in [0.5, 0.6) is 11.5 Å². The number of fused-ring (bicyclic) bond motifs is 1. The molecule has 1 aromatic heterocycles. The summed E-state index contributed by atoms with van der Waals surface area (Å²) in [7, 11) is 1.62. The second-order valence-electron chi connectivity index (χ2n) is 7.09. The number of aromatic nitrogens is 2. The predicted octanol–water partition coefficient (Wildman–Crippen LogP) is 5.12. The normalized spacial score (nSPS) is 18.3. The molecule has 3 aromatic rings. The number of halogens is 1. The number of hydrogen-bond donors (Lipinski definition) is 2. The molecule has 0 unspecified atom stereocenters. The number of methoxy groups -OCH3 is 1. The van der Waals surface area contributed by atoms with E-state index in [0.717, 1.165) is 22.4 Å². The maximum Gasteiger partial charge on any atom is 0.238 e. The van der Waals surface area contributed by atoms with Crippen molar-refractivity contribution in [2.75, 3.05) is 12.4 Å². The summed E-state index contributed by atoms with van der Waals surface area (Å²) in [5.74, 6) is 1.81. The number of thioether (sulfide) groups is 1. The number of aryl methyl sites for hydroxylation is 1. The lowest BCUT2D eigenvalue weighted by Gasteiger charge is -2.19. The van der Waals surface area contributed by atoms with Gasteiger partial charge in [-0.1, -0.05) is 29.8 Å². The third-order valence-electron chi connectivity index (χ3n) is 4.98. The fraction of sp³-hybridized carbons (Fsp3) is 0.273. The number of carbonyl (C=O) groups excluding carboxylic acids is 1. The molecule has 1 aliphatic heterocycles. The van der Waals surface area contributed by atoms with Crippen LogP contribution in [0, 0.1) is 6.92 Å². The van der Waals surface area contributed by atoms with Gasteiger partial charge in [-0.2, -0.15) is 5.10 Å². The van der Waals surface area contributed by atoms with E-state index in [0.29, 0.717) is 28.9 Å². The van der Waals surface area contributed by atoms with E-state index >= 15 is 0 Å². The monoisotopic (exact) mass is 443 g/mol. The van der Waals surface area contributed by atoms with Crippen molar-refractivity contribution in [1.82, 2.24) is 10.2 Å². The summed E-state index contributed by atoms with van der Waals surface area (Å²) in [5.41, 5.74) is 3.90. The number of amides is 1. The standard InChI is InChI=1S/C22H22ClN3O3S/c1-12-19-20(30-13(2)22(27)24-21(19)26-25-12)15-7-8-17(18(10-15)28-3)29-11-14-5-4-6-16(23)9-14/h4-10,13,20H,11H2,1-3H3,(H2,24,25,26,27)/t13-,20+/m1/s1. The highest BCUT2D eigenvalue weighted by atomic mass is 35.5. The third kappa shape index (κ3) is 4.13. The van der Waals surface area contributed by atoms with Gasteiger partial charge >= 0.3 is 0 Å². The van der Waals surface area contributed by atoms with Crippen molar-refractivity contribution in [2.24, 2.45) is 0 Å². The first-order valence-electron chi connectivity index (χ1n) is 9.52. The molecule has 0 saturated heterocycles. The minimum Gasteiger partial charge on any atom is -0.493 e. The average molecular weight is 444 g/mol. The molecule has 30 heavy (non-hydrogen) atoms. The van der Waals surface area contributed by atoms with Crippen LogP contribution in [0.15, 0.2) is 42.5 Å². The van der Waals surface area contributed by atoms with E-state index < -0.39 is 0 Å². The largest absolute Gasteiger partial charge is 0.493 e. The summed E-state index contributed by atoms with van der Waals surface area (Å²) in [6.45, 7) is 4.24. The lowest BCUT2D eigenvalue weighted by Crippen LogP contribution is -2.21. The highest BCUT2D eigenvalue weighted by Crippen LogP contribution is 2.46. The van der Waals surface area contributed by atoms with Crippen LogP contribution in [0.25, 0.3) is 0 Å². The molecule has 0 aliphatic carbocycles. The number of carbonyl (C=O) groups is 1. The molecule has 8 heteroatoms. The van der Waals surface area contributed by atoms with Crippen molar-refractivity contribution in [3.63, 3.8) is 0 Å². The molecule has 0 saturated carbocycles. The topological polar surface area (TPSA) is 76.2 Å². The first-order valence-corrected chi connectivity index (χ1v) is 10.8. The zero-order chi connectivity index (χ0) is 21.3. The molecule has 1 amide bonds. The van der Waals surface area contributed by atoms with Crippen LogP contribution in [-0.2, 0) is 11.4 Å². The Morgan fingerprint density at radius 2 is 2.03 bits per heavy atom. The Bertz CT molecular complexity index is 1090. The first kappa shape index (κ1) is 20.6. The van der Waals surface area contributed by atoms with Gasteiger partial charge in [-0.25, -0.2) is 0 Å². The number of aromatic amines is 1. The lowest BCUT2D eigenvalue weighted by molar-refractivity contribution is -0.115. The van der Waals surface area contributed by atoms with E-state index in [4.69, 9.17) is 21.1 Å². The Hall–Kier alpha value is -2.64. The number of anilines is 1. The SMILES string of the molecule is COc1cc([C@@H]2S[C@H](C)C(=O)Nc3n[nH]c(C)c32)ccc1OCc1cccc(Cl)c1. The maximum atomic E-state index is 12.3. The fourth-order valence-corrected chi connectivity index (χ4v) is 4.94. The summed E-state index contributed by atoms with van der Waals surface area (Å²) in [5, 5.41) is 10.6. The molecule has 0 spiro atoms. The third-order valence-corrected chi connectivity index (χ3v) is 6.62. The van der Waals surface area contributed by atoms with Crippen LogP contribution in [0.4, 0.5) is 5.82 Å². The molecule has 0 fully saturated rings. The van der Waals surface area contributed by atoms with Crippen molar-refractivity contribution >= 4 is 35.1 Å². The van der Waals surface area contributed by atoms with Crippen LogP contribution in [0.2, 0.25) is 5.02 Å². The summed E-state index contributed by atoms with van der Waals surface area (Å²) >= 11 is 7.64. The molecule has 6 nitrogen and oxygen atoms in total. The number of ether oxygens (including phenoxy) is 2. The zero-order valence-electron chi connectivity index (χ0n) is 16.9. The molecule has 0 radical (unpaired) electrons. The molecule has 4 rings (SSSR count). The second kappa shape index (κ2) is 8.62. The Kier molecular flexibility index (Phi) is 5.92. The first-order chi connectivity index (χ1) is 14.5. The molecule has 0 bridgehead atoms. The highest BCUT2D eigenvalue weighted by molar-refractivity contribution is 8.01. The summed E-state index contributed by atoms with van der Waals surface area (Å²) in [4.78, 5) is 12.3. The van der Waals surface area contributed by atoms with Gasteiger partial charge in [-0.15, -0.1) is 11.8 Å². The van der Waals surface area contributed by atoms with Gasteiger partial charge in [0.05, 0.1) is 17.6 Å². The number of benzene rings is 2. The van der Waals surface area contributed by atoms with E-state index in [9.17, 15) is 4.79 Å². The molecular formula is C22H22ClN3O3S. The Morgan fingerprint density at radius 3 is 2.80 bits per heavy atom. The van der Waals surface area contributed by atoms with Gasteiger partial charge < -0.3 is 14.8 Å². The average Bonchev–Trinajstić information content (AvgIpc) is 3.03. The van der Waals surface area contributed by atoms with E-state index in [1.54, 1.807) is 18.9 Å². The van der Waals surface area contributed by atoms with Gasteiger partial charge in [-0.05, 0) is 49.2 Å². The van der Waals surface area contributed by atoms with Crippen molar-refractivity contribution in [1.29, 1.82) is 0 Å². The summed E-state index contributed by atoms with van der Waals surface area (Å²) in [6.07, 6.45) is 0. The van der Waals surface area contributed by atoms with Gasteiger partial charge in [0.25, 0.3) is 0 Å². The molecule has 156 valence electrons. The summed E-state index contributed by atoms with van der Waals surface area (Å²) < 4.78 is 11.6. The quantitative estimate of drug-likeness (QED) is 0.572. The van der Waals surface area contributed by atoms with Gasteiger partial charge in [0.15, 0.2) is 17.3 Å². The van der Waals surface area contributed by atoms with Gasteiger partial charge in [-0.3, -0.25) is 9.89 Å². The van der Waals surface area contributed by atoms with Crippen LogP contribution in [0.1, 0.15) is 34.6 Å². The van der Waals surface area contributed by atoms with Gasteiger partial charge in [0.1, 0.15) is 6.61 Å². The number of nitrogens with one attached hydrogen (secondary N) is 2. The highest BCUT2D eigenvalue weighted by Gasteiger charge is 2.32. The Balaban J connectivity index is 1.63. The van der Waals surface area contributed by atoms with E-state index in [-0.39, 0.29) is 16.4 Å². The van der Waals surface area contributed by atoms with Crippen molar-refractivity contribution in [3.05, 3.63) is 69.9 Å². The molecule has 2 atom stereocenters. The van der Waals surface area contributed by atoms with Crippen molar-refractivity contribution in [2.45, 2.75) is 31.0 Å². The van der Waals surface area contributed by atoms with Crippen molar-refractivity contribution < 1.29 is 14.3 Å². The van der Waals surface area contributed by atoms with E-state index in [1.807, 2.05) is 56.3 Å². The number of rotatable bonds is 5. The Morgan fingerprint density at radius 1 is 1.20 bits per heavy atom. The molecule has 2 heterocycles. The van der Waals surface area contributed by atoms with Gasteiger partial charge in [0.2, 0.25) is 5.91 Å². The van der Waals surface area contributed by atoms with E-state index in [1.165, 1.54) is 0 Å². The fourth-order valence-electron chi connectivity index (χ4n) is 3.41. The number of hydrogen-bond acceptors (Lipinski definition) is 5. The number of nitrogens with zero attached hydrogens (tertiary/aromatic N) is 1. The number of H-pyrrole nitrogens is 1. The van der Waals surface area contributed by atoms with Crippen LogP contribution in [-0.4, -0.2) is 28.5 Å². The molecular weight excluding hydrogens is 422 g/mol. The van der Waals surface area contributed by atoms with Crippen LogP contribution >= 0.6 is 23.4 Å². The smallest absolute Gasteiger partial charge is 0.238 e. The molecule has 2 N–H and O–H groups in total. The van der Waals surface area contributed by atoms with Crippen LogP contribution in [0.3, 0.4) is 0 Å². The van der Waals surface area contributed by atoms with Gasteiger partial charge in [0, 0.05) is 16.3 Å². The minimum absolute atomic E-state index is 0.0521. The zero-order valence-corrected chi connectivity index (χ0v) is 18.4. The lowest BCUT2D eigenvalue weighted by atomic mass is 10.0. The second-order valence-corrected chi connectivity index (χ2v) is 8.97. The van der Waals surface area contributed by atoms with Crippen molar-refractivity contribution in [3.8, 4) is 11.5 Å². The minimum atomic E-state index is -0.214. The molecule has 1 aliphatic rings.